The molecule has 0 aliphatic carbocycles. The van der Waals surface area contributed by atoms with Gasteiger partial charge in [0.15, 0.2) is 0 Å². The van der Waals surface area contributed by atoms with Gasteiger partial charge in [0.05, 0.1) is 32.0 Å². The van der Waals surface area contributed by atoms with Gasteiger partial charge in [-0.15, -0.1) is 0 Å². The van der Waals surface area contributed by atoms with Crippen LogP contribution in [0.5, 0.6) is 11.5 Å². The third-order valence-electron chi connectivity index (χ3n) is 6.74. The van der Waals surface area contributed by atoms with Crippen molar-refractivity contribution in [1.82, 2.24) is 0 Å². The highest BCUT2D eigenvalue weighted by molar-refractivity contribution is 5.90. The van der Waals surface area contributed by atoms with Crippen LogP contribution >= 0.6 is 0 Å². The van der Waals surface area contributed by atoms with E-state index < -0.39 is 11.9 Å². The van der Waals surface area contributed by atoms with Crippen LogP contribution in [0.25, 0.3) is 21.5 Å². The molecule has 4 rings (SSSR count). The Balaban J connectivity index is 1.70. The Morgan fingerprint density at radius 1 is 0.553 bits per heavy atom. The molecule has 8 heteroatoms. The summed E-state index contributed by atoms with van der Waals surface area (Å²) in [5, 5.41) is 3.85. The largest absolute Gasteiger partial charge is 0.496 e. The molecule has 0 amide bonds. The number of fused-ring (bicyclic) bond motifs is 2. The lowest BCUT2D eigenvalue weighted by Crippen LogP contribution is -2.34. The lowest BCUT2D eigenvalue weighted by molar-refractivity contribution is -0.380. The summed E-state index contributed by atoms with van der Waals surface area (Å²) in [4.78, 5) is 0. The average Bonchev–Trinajstić information content (AvgIpc) is 2.98. The maximum absolute atomic E-state index is 6.31. The Morgan fingerprint density at radius 3 is 1.84 bits per heavy atom. The quantitative estimate of drug-likeness (QED) is 0.220. The molecular formula is C30H34O8. The van der Waals surface area contributed by atoms with Crippen LogP contribution in [0.15, 0.2) is 66.7 Å². The highest BCUT2D eigenvalue weighted by Crippen LogP contribution is 2.41. The fraction of sp³-hybridized carbons (Fsp3) is 0.333. The Kier molecular flexibility index (Phi) is 8.52. The van der Waals surface area contributed by atoms with E-state index in [4.69, 9.17) is 37.9 Å². The van der Waals surface area contributed by atoms with E-state index in [1.807, 2.05) is 66.7 Å². The van der Waals surface area contributed by atoms with Crippen molar-refractivity contribution in [2.45, 2.75) is 18.6 Å². The molecule has 202 valence electrons. The van der Waals surface area contributed by atoms with Gasteiger partial charge in [-0.3, -0.25) is 0 Å². The Hall–Kier alpha value is -3.24. The number of hydrogen-bond donors (Lipinski definition) is 0. The number of hydrogen-bond acceptors (Lipinski definition) is 8. The molecule has 0 fully saturated rings. The molecule has 8 nitrogen and oxygen atoms in total. The molecule has 0 radical (unpaired) electrons. The van der Waals surface area contributed by atoms with Crippen LogP contribution in [-0.2, 0) is 47.0 Å². The first-order valence-electron chi connectivity index (χ1n) is 12.0. The maximum Gasteiger partial charge on any atom is 0.315 e. The van der Waals surface area contributed by atoms with Gasteiger partial charge in [0.1, 0.15) is 11.5 Å². The van der Waals surface area contributed by atoms with Crippen LogP contribution < -0.4 is 9.47 Å². The summed E-state index contributed by atoms with van der Waals surface area (Å²) < 4.78 is 46.0. The zero-order valence-electron chi connectivity index (χ0n) is 22.8. The highest BCUT2D eigenvalue weighted by atomic mass is 16.9. The lowest BCUT2D eigenvalue weighted by atomic mass is 10.0. The molecule has 0 bridgehead atoms. The Morgan fingerprint density at radius 2 is 1.21 bits per heavy atom. The van der Waals surface area contributed by atoms with E-state index in [0.717, 1.165) is 27.1 Å². The van der Waals surface area contributed by atoms with E-state index in [1.54, 1.807) is 28.4 Å². The van der Waals surface area contributed by atoms with Gasteiger partial charge < -0.3 is 37.9 Å². The van der Waals surface area contributed by atoms with Gasteiger partial charge in [-0.05, 0) is 46.0 Å². The minimum absolute atomic E-state index is 0.204. The molecule has 4 aromatic carbocycles. The monoisotopic (exact) mass is 522 g/mol. The van der Waals surface area contributed by atoms with Crippen LogP contribution in [0.4, 0.5) is 0 Å². The van der Waals surface area contributed by atoms with Crippen LogP contribution in [0.3, 0.4) is 0 Å². The van der Waals surface area contributed by atoms with E-state index in [2.05, 4.69) is 0 Å². The van der Waals surface area contributed by atoms with E-state index in [-0.39, 0.29) is 6.61 Å². The number of ether oxygens (including phenoxy) is 8. The summed E-state index contributed by atoms with van der Waals surface area (Å²) in [5.74, 6) is -1.69. The molecular weight excluding hydrogens is 488 g/mol. The summed E-state index contributed by atoms with van der Waals surface area (Å²) >= 11 is 0. The second kappa shape index (κ2) is 11.7. The van der Waals surface area contributed by atoms with Gasteiger partial charge >= 0.3 is 11.9 Å². The minimum atomic E-state index is -1.49. The minimum Gasteiger partial charge on any atom is -0.496 e. The lowest BCUT2D eigenvalue weighted by Gasteiger charge is -2.32. The second-order valence-corrected chi connectivity index (χ2v) is 8.52. The zero-order valence-corrected chi connectivity index (χ0v) is 22.8. The number of rotatable bonds is 12. The molecule has 0 unspecified atom stereocenters. The fourth-order valence-electron chi connectivity index (χ4n) is 4.79. The molecule has 0 saturated heterocycles. The topological polar surface area (TPSA) is 73.8 Å². The summed E-state index contributed by atoms with van der Waals surface area (Å²) in [6.07, 6.45) is 0. The second-order valence-electron chi connectivity index (χ2n) is 8.52. The highest BCUT2D eigenvalue weighted by Gasteiger charge is 2.38. The van der Waals surface area contributed by atoms with Gasteiger partial charge in [-0.25, -0.2) is 0 Å². The third-order valence-corrected chi connectivity index (χ3v) is 6.74. The van der Waals surface area contributed by atoms with Gasteiger partial charge in [-0.2, -0.15) is 0 Å². The first-order valence-corrected chi connectivity index (χ1v) is 12.0. The van der Waals surface area contributed by atoms with Crippen LogP contribution in [0, 0.1) is 0 Å². The summed E-state index contributed by atoms with van der Waals surface area (Å²) in [5.41, 5.74) is 2.15. The summed E-state index contributed by atoms with van der Waals surface area (Å²) in [6, 6.07) is 21.6. The SMILES string of the molecule is COc1cc2cc(COC(OC)(OC)c3ccc4ccccc4c3OC)ccc2cc1C(OC)(OC)OC. The van der Waals surface area contributed by atoms with Crippen molar-refractivity contribution in [3.63, 3.8) is 0 Å². The van der Waals surface area contributed by atoms with E-state index in [1.165, 1.54) is 21.3 Å². The molecule has 0 atom stereocenters. The molecule has 38 heavy (non-hydrogen) atoms. The van der Waals surface area contributed by atoms with Crippen molar-refractivity contribution in [3.05, 3.63) is 83.4 Å². The molecule has 0 spiro atoms. The third kappa shape index (κ3) is 4.82. The first kappa shape index (κ1) is 27.8. The predicted molar refractivity (Wildman–Crippen MR) is 144 cm³/mol. The van der Waals surface area contributed by atoms with Crippen molar-refractivity contribution >= 4 is 21.5 Å². The molecule has 0 N–H and O–H groups in total. The first-order chi connectivity index (χ1) is 18.4. The maximum atomic E-state index is 6.31. The predicted octanol–water partition coefficient (Wildman–Crippen LogP) is 5.68. The molecule has 0 aliphatic rings. The fourth-order valence-corrected chi connectivity index (χ4v) is 4.79. The average molecular weight is 523 g/mol. The van der Waals surface area contributed by atoms with Crippen LogP contribution in [0.2, 0.25) is 0 Å². The van der Waals surface area contributed by atoms with Gasteiger partial charge in [0, 0.05) is 40.9 Å². The summed E-state index contributed by atoms with van der Waals surface area (Å²) in [7, 11) is 10.8. The van der Waals surface area contributed by atoms with Crippen LogP contribution in [0.1, 0.15) is 16.7 Å². The van der Waals surface area contributed by atoms with E-state index in [0.29, 0.717) is 22.6 Å². The van der Waals surface area contributed by atoms with Crippen molar-refractivity contribution in [1.29, 1.82) is 0 Å². The van der Waals surface area contributed by atoms with E-state index in [9.17, 15) is 0 Å². The Bertz CT molecular complexity index is 1380. The van der Waals surface area contributed by atoms with Gasteiger partial charge in [-0.1, -0.05) is 42.5 Å². The van der Waals surface area contributed by atoms with Crippen molar-refractivity contribution < 1.29 is 37.9 Å². The molecule has 4 aromatic rings. The molecule has 0 aliphatic heterocycles. The normalized spacial score (nSPS) is 12.3. The Labute approximate surface area is 222 Å². The smallest absolute Gasteiger partial charge is 0.315 e. The van der Waals surface area contributed by atoms with Gasteiger partial charge in [0.2, 0.25) is 0 Å². The molecule has 0 aromatic heterocycles. The van der Waals surface area contributed by atoms with E-state index >= 15 is 0 Å². The van der Waals surface area contributed by atoms with Crippen molar-refractivity contribution in [2.24, 2.45) is 0 Å². The molecule has 0 heterocycles. The van der Waals surface area contributed by atoms with Crippen molar-refractivity contribution in [3.8, 4) is 11.5 Å². The van der Waals surface area contributed by atoms with Gasteiger partial charge in [0.25, 0.3) is 0 Å². The standard InChI is InChI=1S/C30H34O8/c1-31-27-18-23-16-20(12-13-22(23)17-26(27)29(33-3,34-4)35-5)19-38-30(36-6,37-7)25-15-14-21-10-8-9-11-24(21)28(25)32-2/h8-18H,19H2,1-7H3. The molecule has 0 saturated carbocycles. The summed E-state index contributed by atoms with van der Waals surface area (Å²) in [6.45, 7) is 0.204. The number of methoxy groups -OCH3 is 7. The van der Waals surface area contributed by atoms with Crippen LogP contribution in [-0.4, -0.2) is 49.8 Å². The number of benzene rings is 4. The zero-order chi connectivity index (χ0) is 27.3. The van der Waals surface area contributed by atoms with Crippen molar-refractivity contribution in [2.75, 3.05) is 49.8 Å².